The molecule has 1 N–H and O–H groups in total. The molecular formula is C19H21NO3. The number of rotatable bonds is 6. The summed E-state index contributed by atoms with van der Waals surface area (Å²) in [4.78, 5) is 12.7. The van der Waals surface area contributed by atoms with E-state index in [1.54, 1.807) is 14.2 Å². The van der Waals surface area contributed by atoms with E-state index < -0.39 is 5.41 Å². The Hall–Kier alpha value is -2.49. The monoisotopic (exact) mass is 311 g/mol. The lowest BCUT2D eigenvalue weighted by Crippen LogP contribution is -2.34. The molecule has 2 aromatic rings. The fourth-order valence-corrected chi connectivity index (χ4v) is 2.88. The highest BCUT2D eigenvalue weighted by Crippen LogP contribution is 2.51. The van der Waals surface area contributed by atoms with Crippen LogP contribution in [-0.4, -0.2) is 20.1 Å². The van der Waals surface area contributed by atoms with Crippen LogP contribution in [0, 0.1) is 0 Å². The zero-order chi connectivity index (χ0) is 16.3. The van der Waals surface area contributed by atoms with Gasteiger partial charge in [-0.05, 0) is 36.6 Å². The van der Waals surface area contributed by atoms with E-state index in [9.17, 15) is 4.79 Å². The van der Waals surface area contributed by atoms with Crippen LogP contribution in [0.15, 0.2) is 48.5 Å². The van der Waals surface area contributed by atoms with Crippen LogP contribution in [0.3, 0.4) is 0 Å². The fraction of sp³-hybridized carbons (Fsp3) is 0.316. The van der Waals surface area contributed by atoms with Gasteiger partial charge in [0.05, 0.1) is 19.6 Å². The van der Waals surface area contributed by atoms with Gasteiger partial charge in [0.15, 0.2) is 0 Å². The zero-order valence-electron chi connectivity index (χ0n) is 13.5. The number of hydrogen-bond acceptors (Lipinski definition) is 3. The first-order valence-corrected chi connectivity index (χ1v) is 7.74. The maximum Gasteiger partial charge on any atom is 0.231 e. The highest BCUT2D eigenvalue weighted by Gasteiger charge is 2.52. The smallest absolute Gasteiger partial charge is 0.231 e. The molecule has 4 heteroatoms. The number of ether oxygens (including phenoxy) is 2. The molecule has 1 saturated carbocycles. The molecule has 2 aromatic carbocycles. The van der Waals surface area contributed by atoms with Gasteiger partial charge in [-0.25, -0.2) is 0 Å². The molecule has 0 heterocycles. The van der Waals surface area contributed by atoms with Crippen molar-refractivity contribution in [2.24, 2.45) is 0 Å². The van der Waals surface area contributed by atoms with Crippen molar-refractivity contribution in [1.29, 1.82) is 0 Å². The molecular weight excluding hydrogens is 290 g/mol. The van der Waals surface area contributed by atoms with Crippen LogP contribution in [0.2, 0.25) is 0 Å². The van der Waals surface area contributed by atoms with E-state index in [1.807, 2.05) is 48.5 Å². The predicted octanol–water partition coefficient (Wildman–Crippen LogP) is 3.05. The van der Waals surface area contributed by atoms with Crippen molar-refractivity contribution in [3.63, 3.8) is 0 Å². The molecule has 0 atom stereocenters. The number of nitrogens with one attached hydrogen (secondary N) is 1. The molecule has 1 aliphatic carbocycles. The van der Waals surface area contributed by atoms with E-state index in [2.05, 4.69) is 5.32 Å². The van der Waals surface area contributed by atoms with Crippen LogP contribution in [0.5, 0.6) is 11.5 Å². The first-order valence-electron chi connectivity index (χ1n) is 7.74. The van der Waals surface area contributed by atoms with E-state index >= 15 is 0 Å². The second-order valence-corrected chi connectivity index (χ2v) is 5.81. The highest BCUT2D eigenvalue weighted by molar-refractivity contribution is 5.92. The Morgan fingerprint density at radius 3 is 2.35 bits per heavy atom. The second-order valence-electron chi connectivity index (χ2n) is 5.81. The van der Waals surface area contributed by atoms with Crippen molar-refractivity contribution < 1.29 is 14.3 Å². The lowest BCUT2D eigenvalue weighted by molar-refractivity contribution is -0.123. The lowest BCUT2D eigenvalue weighted by atomic mass is 9.94. The summed E-state index contributed by atoms with van der Waals surface area (Å²) in [6.45, 7) is 0.514. The Labute approximate surface area is 136 Å². The van der Waals surface area contributed by atoms with Crippen LogP contribution in [0.25, 0.3) is 0 Å². The van der Waals surface area contributed by atoms with Crippen LogP contribution in [-0.2, 0) is 16.8 Å². The van der Waals surface area contributed by atoms with E-state index in [1.165, 1.54) is 0 Å². The van der Waals surface area contributed by atoms with Crippen molar-refractivity contribution in [3.8, 4) is 11.5 Å². The SMILES string of the molecule is COc1ccc(CNC(=O)C2(c3ccccc3OC)CC2)cc1. The van der Waals surface area contributed by atoms with Crippen molar-refractivity contribution in [2.45, 2.75) is 24.8 Å². The fourth-order valence-electron chi connectivity index (χ4n) is 2.88. The molecule has 1 aliphatic rings. The summed E-state index contributed by atoms with van der Waals surface area (Å²) in [5.41, 5.74) is 1.60. The quantitative estimate of drug-likeness (QED) is 0.892. The Balaban J connectivity index is 1.70. The summed E-state index contributed by atoms with van der Waals surface area (Å²) < 4.78 is 10.6. The van der Waals surface area contributed by atoms with Crippen LogP contribution in [0.1, 0.15) is 24.0 Å². The molecule has 0 saturated heterocycles. The van der Waals surface area contributed by atoms with Crippen LogP contribution >= 0.6 is 0 Å². The van der Waals surface area contributed by atoms with Gasteiger partial charge in [0.1, 0.15) is 11.5 Å². The maximum absolute atomic E-state index is 12.7. The Morgan fingerprint density at radius 2 is 1.74 bits per heavy atom. The molecule has 0 aromatic heterocycles. The summed E-state index contributed by atoms with van der Waals surface area (Å²) in [6, 6.07) is 15.5. The molecule has 23 heavy (non-hydrogen) atoms. The molecule has 0 unspecified atom stereocenters. The van der Waals surface area contributed by atoms with Crippen LogP contribution < -0.4 is 14.8 Å². The van der Waals surface area contributed by atoms with Crippen molar-refractivity contribution in [3.05, 3.63) is 59.7 Å². The summed E-state index contributed by atoms with van der Waals surface area (Å²) in [5.74, 6) is 1.66. The number of benzene rings is 2. The highest BCUT2D eigenvalue weighted by atomic mass is 16.5. The van der Waals surface area contributed by atoms with Crippen LogP contribution in [0.4, 0.5) is 0 Å². The van der Waals surface area contributed by atoms with Gasteiger partial charge in [-0.1, -0.05) is 30.3 Å². The molecule has 0 spiro atoms. The predicted molar refractivity (Wildman–Crippen MR) is 88.7 cm³/mol. The zero-order valence-corrected chi connectivity index (χ0v) is 13.5. The van der Waals surface area contributed by atoms with E-state index in [4.69, 9.17) is 9.47 Å². The Bertz CT molecular complexity index is 690. The largest absolute Gasteiger partial charge is 0.497 e. The first kappa shape index (κ1) is 15.4. The summed E-state index contributed by atoms with van der Waals surface area (Å²) in [6.07, 6.45) is 1.73. The van der Waals surface area contributed by atoms with E-state index in [0.717, 1.165) is 35.5 Å². The van der Waals surface area contributed by atoms with E-state index in [-0.39, 0.29) is 5.91 Å². The van der Waals surface area contributed by atoms with Crippen molar-refractivity contribution in [2.75, 3.05) is 14.2 Å². The standard InChI is InChI=1S/C19H21NO3/c1-22-15-9-7-14(8-10-15)13-20-18(21)19(11-12-19)16-5-3-4-6-17(16)23-2/h3-10H,11-13H2,1-2H3,(H,20,21). The second kappa shape index (κ2) is 6.32. The topological polar surface area (TPSA) is 47.6 Å². The molecule has 1 amide bonds. The molecule has 0 bridgehead atoms. The lowest BCUT2D eigenvalue weighted by Gasteiger charge is -2.18. The third kappa shape index (κ3) is 3.02. The summed E-state index contributed by atoms with van der Waals surface area (Å²) in [7, 11) is 3.28. The van der Waals surface area contributed by atoms with Gasteiger partial charge in [-0.2, -0.15) is 0 Å². The minimum absolute atomic E-state index is 0.0674. The van der Waals surface area contributed by atoms with Crippen molar-refractivity contribution >= 4 is 5.91 Å². The number of para-hydroxylation sites is 1. The summed E-state index contributed by atoms with van der Waals surface area (Å²) in [5, 5.41) is 3.05. The molecule has 120 valence electrons. The Morgan fingerprint density at radius 1 is 1.04 bits per heavy atom. The average molecular weight is 311 g/mol. The molecule has 1 fully saturated rings. The minimum Gasteiger partial charge on any atom is -0.497 e. The third-order valence-electron chi connectivity index (χ3n) is 4.42. The number of methoxy groups -OCH3 is 2. The van der Waals surface area contributed by atoms with Gasteiger partial charge in [-0.15, -0.1) is 0 Å². The van der Waals surface area contributed by atoms with Gasteiger partial charge in [-0.3, -0.25) is 4.79 Å². The average Bonchev–Trinajstić information content (AvgIpc) is 3.42. The maximum atomic E-state index is 12.7. The van der Waals surface area contributed by atoms with Gasteiger partial charge in [0.25, 0.3) is 0 Å². The minimum atomic E-state index is -0.431. The molecule has 3 rings (SSSR count). The Kier molecular flexibility index (Phi) is 4.24. The van der Waals surface area contributed by atoms with Gasteiger partial charge >= 0.3 is 0 Å². The number of carbonyl (C=O) groups excluding carboxylic acids is 1. The van der Waals surface area contributed by atoms with Gasteiger partial charge in [0.2, 0.25) is 5.91 Å². The van der Waals surface area contributed by atoms with Gasteiger partial charge in [0, 0.05) is 12.1 Å². The molecule has 0 radical (unpaired) electrons. The number of hydrogen-bond donors (Lipinski definition) is 1. The third-order valence-corrected chi connectivity index (χ3v) is 4.42. The number of carbonyl (C=O) groups is 1. The normalized spacial score (nSPS) is 14.9. The van der Waals surface area contributed by atoms with Crippen molar-refractivity contribution in [1.82, 2.24) is 5.32 Å². The summed E-state index contributed by atoms with van der Waals surface area (Å²) >= 11 is 0. The number of amides is 1. The van der Waals surface area contributed by atoms with E-state index in [0.29, 0.717) is 6.54 Å². The molecule has 0 aliphatic heterocycles. The first-order chi connectivity index (χ1) is 11.2. The molecule has 4 nitrogen and oxygen atoms in total. The van der Waals surface area contributed by atoms with Gasteiger partial charge < -0.3 is 14.8 Å².